The van der Waals surface area contributed by atoms with Gasteiger partial charge in [-0.25, -0.2) is 0 Å². The molecule has 41 valence electrons. The smallest absolute Gasteiger partial charge is 1.00 e. The number of rotatable bonds is 0. The summed E-state index contributed by atoms with van der Waals surface area (Å²) in [4.78, 5) is 0. The predicted octanol–water partition coefficient (Wildman–Crippen LogP) is -6.00. The normalized spacial score (nSPS) is 3.00. The molecule has 0 aliphatic heterocycles. The number of hydrogen-bond acceptors (Lipinski definition) is 1. The monoisotopic (exact) mass is 171 g/mol. The Labute approximate surface area is 60.8 Å². The number of aliphatic hydroxyl groups is 1. The maximum atomic E-state index is 7.57. The van der Waals surface area contributed by atoms with Crippen LogP contribution in [0.4, 0.5) is 0 Å². The van der Waals surface area contributed by atoms with Crippen LogP contribution in [-0.2, 0) is 17.1 Å². The van der Waals surface area contributed by atoms with Gasteiger partial charge in [-0.1, -0.05) is 0 Å². The van der Waals surface area contributed by atoms with E-state index in [4.69, 9.17) is 5.11 Å². The van der Waals surface area contributed by atoms with Crippen molar-refractivity contribution in [2.24, 2.45) is 0 Å². The number of halogens is 2. The number of aliphatic hydroxyl groups excluding tert-OH is 1. The molecule has 0 fully saturated rings. The standard InChI is InChI=1S/C2H6O.2ClH.Mn/c1-2-3;;;/h3H,2H2,1H3;2*1H;/q;;;+2/p-2. The van der Waals surface area contributed by atoms with Crippen LogP contribution in [0, 0.1) is 0 Å². The van der Waals surface area contributed by atoms with E-state index >= 15 is 0 Å². The van der Waals surface area contributed by atoms with E-state index in [1.165, 1.54) is 0 Å². The van der Waals surface area contributed by atoms with Crippen LogP contribution in [0.25, 0.3) is 0 Å². The Balaban J connectivity index is -0.00000000667. The topological polar surface area (TPSA) is 20.2 Å². The van der Waals surface area contributed by atoms with Gasteiger partial charge in [0.2, 0.25) is 0 Å². The van der Waals surface area contributed by atoms with E-state index in [-0.39, 0.29) is 48.5 Å². The van der Waals surface area contributed by atoms with Crippen LogP contribution in [0.2, 0.25) is 0 Å². The van der Waals surface area contributed by atoms with Crippen molar-refractivity contribution in [1.29, 1.82) is 0 Å². The second-order valence-corrected chi connectivity index (χ2v) is 0.316. The maximum Gasteiger partial charge on any atom is 2.00 e. The molecule has 0 bridgehead atoms. The molecule has 0 aromatic heterocycles. The minimum atomic E-state index is 0. The third-order valence-electron chi connectivity index (χ3n) is 0. The molecule has 0 rings (SSSR count). The van der Waals surface area contributed by atoms with E-state index < -0.39 is 0 Å². The Morgan fingerprint density at radius 1 is 1.33 bits per heavy atom. The fraction of sp³-hybridized carbons (Fsp3) is 1.00. The average Bonchev–Trinajstić information content (AvgIpc) is 0.918. The SMILES string of the molecule is CCO.[Cl-].[Cl-].[Mn+2]. The molecule has 0 saturated heterocycles. The van der Waals surface area contributed by atoms with E-state index in [0.717, 1.165) is 0 Å². The second-order valence-electron chi connectivity index (χ2n) is 0.316. The molecule has 0 spiro atoms. The molecule has 0 aromatic rings. The zero-order valence-corrected chi connectivity index (χ0v) is 5.98. The summed E-state index contributed by atoms with van der Waals surface area (Å²) in [6.45, 7) is 1.93. The molecule has 6 heavy (non-hydrogen) atoms. The average molecular weight is 172 g/mol. The van der Waals surface area contributed by atoms with Crippen LogP contribution in [0.3, 0.4) is 0 Å². The Hall–Kier alpha value is 1.06. The first-order valence-electron chi connectivity index (χ1n) is 1.02. The fourth-order valence-electron chi connectivity index (χ4n) is 0. The summed E-state index contributed by atoms with van der Waals surface area (Å²) in [6, 6.07) is 0. The van der Waals surface area contributed by atoms with E-state index in [9.17, 15) is 0 Å². The van der Waals surface area contributed by atoms with Gasteiger partial charge in [0.1, 0.15) is 0 Å². The molecule has 0 unspecified atom stereocenters. The molecule has 0 aliphatic carbocycles. The zero-order chi connectivity index (χ0) is 2.71. The largest absolute Gasteiger partial charge is 2.00 e. The Kier molecular flexibility index (Phi) is 169. The molecule has 1 N–H and O–H groups in total. The van der Waals surface area contributed by atoms with Gasteiger partial charge < -0.3 is 29.9 Å². The van der Waals surface area contributed by atoms with Crippen LogP contribution in [0.15, 0.2) is 0 Å². The van der Waals surface area contributed by atoms with E-state index in [1.54, 1.807) is 6.92 Å². The van der Waals surface area contributed by atoms with Gasteiger partial charge in [0, 0.05) is 6.61 Å². The molecule has 0 saturated carbocycles. The van der Waals surface area contributed by atoms with Crippen LogP contribution in [-0.4, -0.2) is 11.7 Å². The summed E-state index contributed by atoms with van der Waals surface area (Å²) in [5.41, 5.74) is 0. The maximum absolute atomic E-state index is 7.57. The first-order chi connectivity index (χ1) is 1.41. The van der Waals surface area contributed by atoms with Crippen molar-refractivity contribution in [3.63, 3.8) is 0 Å². The van der Waals surface area contributed by atoms with Gasteiger partial charge in [-0.3, -0.25) is 0 Å². The Morgan fingerprint density at radius 2 is 1.33 bits per heavy atom. The third-order valence-corrected chi connectivity index (χ3v) is 0. The van der Waals surface area contributed by atoms with Gasteiger partial charge in [0.25, 0.3) is 0 Å². The summed E-state index contributed by atoms with van der Waals surface area (Å²) < 4.78 is 0. The first kappa shape index (κ1) is 27.7. The summed E-state index contributed by atoms with van der Waals surface area (Å²) >= 11 is 0. The molecule has 0 aliphatic rings. The van der Waals surface area contributed by atoms with Crippen LogP contribution < -0.4 is 24.8 Å². The van der Waals surface area contributed by atoms with Crippen molar-refractivity contribution in [2.75, 3.05) is 6.61 Å². The van der Waals surface area contributed by atoms with Gasteiger partial charge in [0.15, 0.2) is 0 Å². The van der Waals surface area contributed by atoms with Crippen LogP contribution >= 0.6 is 0 Å². The van der Waals surface area contributed by atoms with E-state index in [0.29, 0.717) is 0 Å². The van der Waals surface area contributed by atoms with Crippen LogP contribution in [0.5, 0.6) is 0 Å². The van der Waals surface area contributed by atoms with Crippen molar-refractivity contribution in [3.8, 4) is 0 Å². The van der Waals surface area contributed by atoms with Crippen molar-refractivity contribution in [1.82, 2.24) is 0 Å². The molecule has 4 heteroatoms. The summed E-state index contributed by atoms with van der Waals surface area (Å²) in [6.07, 6.45) is 0. The van der Waals surface area contributed by atoms with Gasteiger partial charge >= 0.3 is 17.1 Å². The molecular formula is C2H6Cl2MnO. The summed E-state index contributed by atoms with van der Waals surface area (Å²) in [5.74, 6) is 0. The number of hydrogen-bond donors (Lipinski definition) is 1. The third kappa shape index (κ3) is 74.3. The summed E-state index contributed by atoms with van der Waals surface area (Å²) in [7, 11) is 0. The molecule has 0 heterocycles. The molecule has 0 aromatic carbocycles. The molecule has 0 amide bonds. The first-order valence-corrected chi connectivity index (χ1v) is 1.02. The zero-order valence-electron chi connectivity index (χ0n) is 3.29. The quantitative estimate of drug-likeness (QED) is 0.360. The summed E-state index contributed by atoms with van der Waals surface area (Å²) in [5, 5.41) is 7.57. The Morgan fingerprint density at radius 3 is 1.33 bits per heavy atom. The molecule has 1 radical (unpaired) electrons. The molecule has 1 nitrogen and oxygen atoms in total. The van der Waals surface area contributed by atoms with Crippen molar-refractivity contribution in [2.45, 2.75) is 6.92 Å². The minimum Gasteiger partial charge on any atom is -1.00 e. The van der Waals surface area contributed by atoms with Gasteiger partial charge in [0.05, 0.1) is 0 Å². The van der Waals surface area contributed by atoms with E-state index in [1.807, 2.05) is 0 Å². The van der Waals surface area contributed by atoms with Gasteiger partial charge in [-0.15, -0.1) is 0 Å². The Bertz CT molecular complexity index is 11.5. The van der Waals surface area contributed by atoms with Crippen molar-refractivity contribution in [3.05, 3.63) is 0 Å². The van der Waals surface area contributed by atoms with E-state index in [2.05, 4.69) is 0 Å². The van der Waals surface area contributed by atoms with Gasteiger partial charge in [-0.2, -0.15) is 0 Å². The molecule has 0 atom stereocenters. The van der Waals surface area contributed by atoms with Crippen LogP contribution in [0.1, 0.15) is 6.92 Å². The second kappa shape index (κ2) is 36.6. The molecular weight excluding hydrogens is 166 g/mol. The van der Waals surface area contributed by atoms with Gasteiger partial charge in [-0.05, 0) is 6.92 Å². The van der Waals surface area contributed by atoms with Crippen molar-refractivity contribution < 1.29 is 47.0 Å². The van der Waals surface area contributed by atoms with Crippen molar-refractivity contribution >= 4 is 0 Å². The predicted molar refractivity (Wildman–Crippen MR) is 12.8 cm³/mol. The minimum absolute atomic E-state index is 0. The fourth-order valence-corrected chi connectivity index (χ4v) is 0.